The van der Waals surface area contributed by atoms with Crippen LogP contribution >= 0.6 is 0 Å². The number of rotatable bonds is 0. The van der Waals surface area contributed by atoms with Gasteiger partial charge in [-0.05, 0) is 57.1 Å². The van der Waals surface area contributed by atoms with E-state index >= 15 is 0 Å². The van der Waals surface area contributed by atoms with Crippen LogP contribution in [0.3, 0.4) is 0 Å². The molecule has 4 heteroatoms. The zero-order valence-electron chi connectivity index (χ0n) is 19.0. The number of ether oxygens (including phenoxy) is 2. The molecule has 0 fully saturated rings. The van der Waals surface area contributed by atoms with E-state index in [1.807, 2.05) is 12.1 Å². The predicted molar refractivity (Wildman–Crippen MR) is 126 cm³/mol. The third kappa shape index (κ3) is 3.11. The van der Waals surface area contributed by atoms with E-state index in [1.54, 1.807) is 0 Å². The SMILES string of the molecule is CC(C)(C)c1ccc2c(c1)B1c3cc(C(C)(C)C)ccc3Oc3cc(C#N)cc(c31)O2. The van der Waals surface area contributed by atoms with E-state index in [0.717, 1.165) is 27.9 Å². The molecule has 3 aromatic rings. The van der Waals surface area contributed by atoms with Gasteiger partial charge in [-0.1, -0.05) is 65.8 Å². The molecule has 0 atom stereocenters. The van der Waals surface area contributed by atoms with Crippen LogP contribution < -0.4 is 25.9 Å². The summed E-state index contributed by atoms with van der Waals surface area (Å²) in [6.45, 7) is 13.4. The molecular formula is C27H26BNO2. The van der Waals surface area contributed by atoms with Crippen molar-refractivity contribution in [3.63, 3.8) is 0 Å². The molecule has 3 nitrogen and oxygen atoms in total. The molecule has 0 aromatic heterocycles. The Morgan fingerprint density at radius 3 is 1.52 bits per heavy atom. The molecular weight excluding hydrogens is 381 g/mol. The van der Waals surface area contributed by atoms with E-state index in [2.05, 4.69) is 84.0 Å². The highest BCUT2D eigenvalue weighted by molar-refractivity contribution is 6.98. The average molecular weight is 407 g/mol. The molecule has 0 N–H and O–H groups in total. The topological polar surface area (TPSA) is 42.2 Å². The second-order valence-electron chi connectivity index (χ2n) is 10.6. The highest BCUT2D eigenvalue weighted by atomic mass is 16.5. The van der Waals surface area contributed by atoms with Crippen LogP contribution in [0.1, 0.15) is 58.2 Å². The minimum absolute atomic E-state index is 0.00911. The Kier molecular flexibility index (Phi) is 4.08. The third-order valence-electron chi connectivity index (χ3n) is 6.34. The van der Waals surface area contributed by atoms with Crippen molar-refractivity contribution in [3.8, 4) is 29.1 Å². The summed E-state index contributed by atoms with van der Waals surface area (Å²) in [5.74, 6) is 3.12. The summed E-state index contributed by atoms with van der Waals surface area (Å²) in [5, 5.41) is 9.52. The largest absolute Gasteiger partial charge is 0.458 e. The standard InChI is InChI=1S/C27H26BNO2/c1-26(2,3)17-7-9-21-19(13-17)28-20-14-18(27(4,5)6)8-10-22(20)31-24-12-16(15-29)11-23(30-21)25(24)28/h7-14H,1-6H3. The molecule has 2 heterocycles. The Bertz CT molecular complexity index is 1180. The first-order chi connectivity index (χ1) is 14.6. The first-order valence-electron chi connectivity index (χ1n) is 10.8. The Hall–Kier alpha value is -3.19. The summed E-state index contributed by atoms with van der Waals surface area (Å²) in [6.07, 6.45) is 0. The van der Waals surface area contributed by atoms with Crippen LogP contribution in [0.25, 0.3) is 0 Å². The quantitative estimate of drug-likeness (QED) is 0.344. The van der Waals surface area contributed by atoms with Crippen LogP contribution in [0.15, 0.2) is 48.5 Å². The van der Waals surface area contributed by atoms with Gasteiger partial charge < -0.3 is 9.47 Å². The molecule has 0 aliphatic carbocycles. The van der Waals surface area contributed by atoms with Gasteiger partial charge in [0, 0.05) is 5.46 Å². The van der Waals surface area contributed by atoms with Gasteiger partial charge in [-0.25, -0.2) is 0 Å². The number of fused-ring (bicyclic) bond motifs is 4. The van der Waals surface area contributed by atoms with E-state index in [0.29, 0.717) is 17.1 Å². The Morgan fingerprint density at radius 1 is 0.677 bits per heavy atom. The van der Waals surface area contributed by atoms with Gasteiger partial charge in [0.05, 0.1) is 11.6 Å². The molecule has 0 spiro atoms. The van der Waals surface area contributed by atoms with E-state index < -0.39 is 0 Å². The smallest absolute Gasteiger partial charge is 0.260 e. The minimum Gasteiger partial charge on any atom is -0.458 e. The van der Waals surface area contributed by atoms with Crippen LogP contribution in [-0.2, 0) is 10.8 Å². The molecule has 5 rings (SSSR count). The number of hydrogen-bond acceptors (Lipinski definition) is 3. The Morgan fingerprint density at radius 2 is 1.13 bits per heavy atom. The Labute approximate surface area is 184 Å². The van der Waals surface area contributed by atoms with E-state index in [4.69, 9.17) is 9.47 Å². The van der Waals surface area contributed by atoms with Crippen LogP contribution in [0.4, 0.5) is 0 Å². The van der Waals surface area contributed by atoms with Gasteiger partial charge in [0.25, 0.3) is 6.71 Å². The molecule has 3 aromatic carbocycles. The summed E-state index contributed by atoms with van der Waals surface area (Å²) in [5.41, 5.74) is 6.46. The summed E-state index contributed by atoms with van der Waals surface area (Å²) >= 11 is 0. The summed E-state index contributed by atoms with van der Waals surface area (Å²) in [6, 6.07) is 18.9. The van der Waals surface area contributed by atoms with Crippen molar-refractivity contribution in [2.45, 2.75) is 52.4 Å². The molecule has 154 valence electrons. The molecule has 0 unspecified atom stereocenters. The van der Waals surface area contributed by atoms with Gasteiger partial charge >= 0.3 is 0 Å². The van der Waals surface area contributed by atoms with Crippen LogP contribution in [0.2, 0.25) is 0 Å². The van der Waals surface area contributed by atoms with Gasteiger partial charge in [0.2, 0.25) is 0 Å². The van der Waals surface area contributed by atoms with Gasteiger partial charge in [0.15, 0.2) is 0 Å². The van der Waals surface area contributed by atoms with Crippen molar-refractivity contribution >= 4 is 23.1 Å². The minimum atomic E-state index is 0.00911. The second-order valence-corrected chi connectivity index (χ2v) is 10.6. The van der Waals surface area contributed by atoms with E-state index in [1.165, 1.54) is 11.1 Å². The molecule has 0 saturated heterocycles. The highest BCUT2D eigenvalue weighted by Gasteiger charge is 2.41. The molecule has 2 aliphatic rings. The van der Waals surface area contributed by atoms with Crippen LogP contribution in [0.5, 0.6) is 23.0 Å². The maximum absolute atomic E-state index is 9.52. The summed E-state index contributed by atoms with van der Waals surface area (Å²) < 4.78 is 12.6. The monoisotopic (exact) mass is 407 g/mol. The van der Waals surface area contributed by atoms with Gasteiger partial charge in [-0.15, -0.1) is 0 Å². The first kappa shape index (κ1) is 19.8. The van der Waals surface area contributed by atoms with Crippen molar-refractivity contribution in [2.75, 3.05) is 0 Å². The molecule has 0 radical (unpaired) electrons. The van der Waals surface area contributed by atoms with Crippen molar-refractivity contribution in [3.05, 3.63) is 65.2 Å². The van der Waals surface area contributed by atoms with Crippen molar-refractivity contribution < 1.29 is 9.47 Å². The number of benzene rings is 3. The predicted octanol–water partition coefficient (Wildman–Crippen LogP) is 4.88. The van der Waals surface area contributed by atoms with Crippen LogP contribution in [0, 0.1) is 11.3 Å². The Balaban J connectivity index is 1.81. The number of nitriles is 1. The third-order valence-corrected chi connectivity index (χ3v) is 6.34. The fraction of sp³-hybridized carbons (Fsp3) is 0.296. The lowest BCUT2D eigenvalue weighted by molar-refractivity contribution is 0.463. The van der Waals surface area contributed by atoms with E-state index in [-0.39, 0.29) is 17.5 Å². The maximum atomic E-state index is 9.52. The lowest BCUT2D eigenvalue weighted by Crippen LogP contribution is -2.57. The average Bonchev–Trinajstić information content (AvgIpc) is 2.71. The maximum Gasteiger partial charge on any atom is 0.260 e. The number of nitrogens with zero attached hydrogens (tertiary/aromatic N) is 1. The second kappa shape index (κ2) is 6.41. The summed E-state index contributed by atoms with van der Waals surface area (Å²) in [7, 11) is 0. The molecule has 31 heavy (non-hydrogen) atoms. The number of hydrogen-bond donors (Lipinski definition) is 0. The van der Waals surface area contributed by atoms with Crippen LogP contribution in [-0.4, -0.2) is 6.71 Å². The highest BCUT2D eigenvalue weighted by Crippen LogP contribution is 2.37. The van der Waals surface area contributed by atoms with E-state index in [9.17, 15) is 5.26 Å². The van der Waals surface area contributed by atoms with Gasteiger partial charge in [-0.3, -0.25) is 0 Å². The fourth-order valence-corrected chi connectivity index (χ4v) is 4.50. The lowest BCUT2D eigenvalue weighted by atomic mass is 9.34. The first-order valence-corrected chi connectivity index (χ1v) is 10.8. The molecule has 2 aliphatic heterocycles. The summed E-state index contributed by atoms with van der Waals surface area (Å²) in [4.78, 5) is 0. The molecule has 0 saturated carbocycles. The molecule has 0 amide bonds. The lowest BCUT2D eigenvalue weighted by Gasteiger charge is -2.35. The van der Waals surface area contributed by atoms with Crippen molar-refractivity contribution in [2.24, 2.45) is 0 Å². The van der Waals surface area contributed by atoms with Gasteiger partial charge in [0.1, 0.15) is 23.0 Å². The molecule has 0 bridgehead atoms. The fourth-order valence-electron chi connectivity index (χ4n) is 4.50. The van der Waals surface area contributed by atoms with Gasteiger partial charge in [-0.2, -0.15) is 5.26 Å². The van der Waals surface area contributed by atoms with Crippen molar-refractivity contribution in [1.29, 1.82) is 5.26 Å². The normalized spacial score (nSPS) is 13.9. The zero-order chi connectivity index (χ0) is 22.1. The zero-order valence-corrected chi connectivity index (χ0v) is 19.0. The van der Waals surface area contributed by atoms with Crippen molar-refractivity contribution in [1.82, 2.24) is 0 Å².